The molecule has 2 aromatic rings. The molecule has 0 saturated carbocycles. The number of rotatable bonds is 5. The minimum Gasteiger partial charge on any atom is -0.357 e. The molecule has 1 fully saturated rings. The first-order chi connectivity index (χ1) is 14.2. The van der Waals surface area contributed by atoms with Gasteiger partial charge in [-0.3, -0.25) is 0 Å². The van der Waals surface area contributed by atoms with Crippen molar-refractivity contribution in [3.63, 3.8) is 0 Å². The van der Waals surface area contributed by atoms with Crippen LogP contribution in [0.25, 0.3) is 10.8 Å². The van der Waals surface area contributed by atoms with Crippen LogP contribution >= 0.6 is 24.0 Å². The quantitative estimate of drug-likeness (QED) is 0.326. The first-order valence-electron chi connectivity index (χ1n) is 9.80. The molecule has 0 spiro atoms. The SMILES string of the molecule is CCNC(=NCc1cccc2ccccc12)NC1CCN(S(=O)(=O)C(F)(F)F)CC1.I. The van der Waals surface area contributed by atoms with Crippen LogP contribution in [-0.4, -0.2) is 49.9 Å². The topological polar surface area (TPSA) is 73.8 Å². The molecule has 11 heteroatoms. The molecule has 0 amide bonds. The molecular formula is C20H26F3IN4O2S. The molecule has 6 nitrogen and oxygen atoms in total. The average Bonchev–Trinajstić information content (AvgIpc) is 2.72. The Bertz CT molecular complexity index is 1000. The number of hydrogen-bond donors (Lipinski definition) is 2. The van der Waals surface area contributed by atoms with Crippen molar-refractivity contribution >= 4 is 50.7 Å². The standard InChI is InChI=1S/C20H25F3N4O2S.HI/c1-2-24-19(25-14-16-8-5-7-15-6-3-4-9-18(15)16)26-17-10-12-27(13-11-17)30(28,29)20(21,22)23;/h3-9,17H,2,10-14H2,1H3,(H2,24,25,26);1H. The Morgan fingerprint density at radius 2 is 1.77 bits per heavy atom. The van der Waals surface area contributed by atoms with Crippen LogP contribution in [0.4, 0.5) is 13.2 Å². The van der Waals surface area contributed by atoms with Gasteiger partial charge in [0.1, 0.15) is 0 Å². The van der Waals surface area contributed by atoms with Crippen molar-refractivity contribution < 1.29 is 21.6 Å². The van der Waals surface area contributed by atoms with Gasteiger partial charge in [-0.15, -0.1) is 24.0 Å². The molecular weight excluding hydrogens is 544 g/mol. The van der Waals surface area contributed by atoms with E-state index in [1.54, 1.807) is 0 Å². The highest BCUT2D eigenvalue weighted by Gasteiger charge is 2.50. The minimum atomic E-state index is -5.27. The van der Waals surface area contributed by atoms with Crippen LogP contribution in [0.3, 0.4) is 0 Å². The molecule has 3 rings (SSSR count). The predicted octanol–water partition coefficient (Wildman–Crippen LogP) is 3.83. The molecule has 0 bridgehead atoms. The number of nitrogens with zero attached hydrogens (tertiary/aromatic N) is 2. The van der Waals surface area contributed by atoms with Crippen LogP contribution in [0.15, 0.2) is 47.5 Å². The van der Waals surface area contributed by atoms with Gasteiger partial charge in [0.25, 0.3) is 0 Å². The number of hydrogen-bond acceptors (Lipinski definition) is 3. The van der Waals surface area contributed by atoms with E-state index in [0.29, 0.717) is 23.4 Å². The summed E-state index contributed by atoms with van der Waals surface area (Å²) in [5, 5.41) is 8.61. The molecule has 0 radical (unpaired) electrons. The highest BCUT2D eigenvalue weighted by atomic mass is 127. The summed E-state index contributed by atoms with van der Waals surface area (Å²) < 4.78 is 61.8. The van der Waals surface area contributed by atoms with E-state index in [1.165, 1.54) is 0 Å². The maximum Gasteiger partial charge on any atom is 0.511 e. The van der Waals surface area contributed by atoms with E-state index >= 15 is 0 Å². The third kappa shape index (κ3) is 6.22. The fraction of sp³-hybridized carbons (Fsp3) is 0.450. The smallest absolute Gasteiger partial charge is 0.357 e. The Balaban J connectivity index is 0.00000341. The van der Waals surface area contributed by atoms with Gasteiger partial charge >= 0.3 is 15.5 Å². The van der Waals surface area contributed by atoms with E-state index in [4.69, 9.17) is 0 Å². The van der Waals surface area contributed by atoms with Gasteiger partial charge < -0.3 is 10.6 Å². The summed E-state index contributed by atoms with van der Waals surface area (Å²) in [5.74, 6) is 0.558. The summed E-state index contributed by atoms with van der Waals surface area (Å²) in [4.78, 5) is 4.62. The number of guanidine groups is 1. The predicted molar refractivity (Wildman–Crippen MR) is 127 cm³/mol. The number of fused-ring (bicyclic) bond motifs is 1. The van der Waals surface area contributed by atoms with Crippen molar-refractivity contribution in [2.75, 3.05) is 19.6 Å². The molecule has 0 aromatic heterocycles. The summed E-state index contributed by atoms with van der Waals surface area (Å²) in [7, 11) is -5.27. The highest BCUT2D eigenvalue weighted by molar-refractivity contribution is 14.0. The molecule has 0 atom stereocenters. The summed E-state index contributed by atoms with van der Waals surface area (Å²) in [6.45, 7) is 2.64. The van der Waals surface area contributed by atoms with E-state index in [2.05, 4.69) is 15.6 Å². The molecule has 1 heterocycles. The van der Waals surface area contributed by atoms with E-state index in [9.17, 15) is 21.6 Å². The van der Waals surface area contributed by atoms with Crippen LogP contribution in [0.1, 0.15) is 25.3 Å². The Labute approximate surface area is 197 Å². The summed E-state index contributed by atoms with van der Waals surface area (Å²) in [6, 6.07) is 13.9. The second-order valence-corrected chi connectivity index (χ2v) is 9.03. The van der Waals surface area contributed by atoms with Crippen LogP contribution < -0.4 is 10.6 Å². The van der Waals surface area contributed by atoms with E-state index in [0.717, 1.165) is 16.3 Å². The van der Waals surface area contributed by atoms with Crippen molar-refractivity contribution in [2.45, 2.75) is 37.9 Å². The monoisotopic (exact) mass is 570 g/mol. The molecule has 1 saturated heterocycles. The fourth-order valence-corrected chi connectivity index (χ4v) is 4.48. The lowest BCUT2D eigenvalue weighted by molar-refractivity contribution is -0.0494. The van der Waals surface area contributed by atoms with Gasteiger partial charge in [-0.05, 0) is 36.1 Å². The zero-order valence-corrected chi connectivity index (χ0v) is 20.2. The van der Waals surface area contributed by atoms with Gasteiger partial charge in [-0.2, -0.15) is 17.5 Å². The summed E-state index contributed by atoms with van der Waals surface area (Å²) in [6.07, 6.45) is 0.544. The fourth-order valence-electron chi connectivity index (χ4n) is 3.49. The molecule has 0 aliphatic carbocycles. The highest BCUT2D eigenvalue weighted by Crippen LogP contribution is 2.29. The lowest BCUT2D eigenvalue weighted by Crippen LogP contribution is -2.51. The van der Waals surface area contributed by atoms with E-state index in [-0.39, 0.29) is 55.9 Å². The van der Waals surface area contributed by atoms with Crippen molar-refractivity contribution in [1.82, 2.24) is 14.9 Å². The Hall–Kier alpha value is -1.60. The first-order valence-corrected chi connectivity index (χ1v) is 11.2. The maximum absolute atomic E-state index is 12.7. The number of piperidine rings is 1. The summed E-state index contributed by atoms with van der Waals surface area (Å²) in [5.41, 5.74) is -4.20. The van der Waals surface area contributed by atoms with E-state index < -0.39 is 15.5 Å². The third-order valence-electron chi connectivity index (χ3n) is 5.06. The molecule has 172 valence electrons. The number of sulfonamides is 1. The largest absolute Gasteiger partial charge is 0.511 e. The van der Waals surface area contributed by atoms with Gasteiger partial charge in [0.15, 0.2) is 5.96 Å². The zero-order chi connectivity index (χ0) is 21.8. The normalized spacial score (nSPS) is 16.7. The van der Waals surface area contributed by atoms with E-state index in [1.807, 2.05) is 49.4 Å². The minimum absolute atomic E-state index is 0. The first kappa shape index (κ1) is 25.7. The van der Waals surface area contributed by atoms with Gasteiger partial charge in [-0.25, -0.2) is 13.4 Å². The van der Waals surface area contributed by atoms with Crippen LogP contribution in [0.5, 0.6) is 0 Å². The molecule has 0 unspecified atom stereocenters. The summed E-state index contributed by atoms with van der Waals surface area (Å²) >= 11 is 0. The number of nitrogens with one attached hydrogen (secondary N) is 2. The Kier molecular flexibility index (Phi) is 8.95. The van der Waals surface area contributed by atoms with Crippen LogP contribution in [-0.2, 0) is 16.6 Å². The van der Waals surface area contributed by atoms with Crippen molar-refractivity contribution in [1.29, 1.82) is 0 Å². The second kappa shape index (κ2) is 10.8. The number of aliphatic imine (C=N–C) groups is 1. The molecule has 1 aliphatic rings. The van der Waals surface area contributed by atoms with Crippen molar-refractivity contribution in [2.24, 2.45) is 4.99 Å². The third-order valence-corrected chi connectivity index (χ3v) is 6.69. The molecule has 2 N–H and O–H groups in total. The van der Waals surface area contributed by atoms with Crippen LogP contribution in [0, 0.1) is 0 Å². The number of halogens is 4. The number of benzene rings is 2. The molecule has 31 heavy (non-hydrogen) atoms. The Morgan fingerprint density at radius 3 is 2.42 bits per heavy atom. The lowest BCUT2D eigenvalue weighted by Gasteiger charge is -2.32. The van der Waals surface area contributed by atoms with Gasteiger partial charge in [0, 0.05) is 25.7 Å². The van der Waals surface area contributed by atoms with Crippen LogP contribution in [0.2, 0.25) is 0 Å². The lowest BCUT2D eigenvalue weighted by atomic mass is 10.0. The Morgan fingerprint density at radius 1 is 1.13 bits per heavy atom. The van der Waals surface area contributed by atoms with Crippen molar-refractivity contribution in [3.8, 4) is 0 Å². The molecule has 1 aliphatic heterocycles. The number of alkyl halides is 3. The molecule has 2 aromatic carbocycles. The maximum atomic E-state index is 12.7. The van der Waals surface area contributed by atoms with Gasteiger partial charge in [0.2, 0.25) is 0 Å². The average molecular weight is 570 g/mol. The van der Waals surface area contributed by atoms with Gasteiger partial charge in [0.05, 0.1) is 6.54 Å². The zero-order valence-electron chi connectivity index (χ0n) is 17.0. The van der Waals surface area contributed by atoms with Crippen molar-refractivity contribution in [3.05, 3.63) is 48.0 Å². The van der Waals surface area contributed by atoms with Gasteiger partial charge in [-0.1, -0.05) is 42.5 Å². The second-order valence-electron chi connectivity index (χ2n) is 7.10.